The van der Waals surface area contributed by atoms with Crippen LogP contribution in [0.15, 0.2) is 17.1 Å². The fourth-order valence-electron chi connectivity index (χ4n) is 2.10. The highest BCUT2D eigenvalue weighted by molar-refractivity contribution is 5.38. The fourth-order valence-corrected chi connectivity index (χ4v) is 2.10. The first kappa shape index (κ1) is 10.2. The van der Waals surface area contributed by atoms with E-state index in [1.54, 1.807) is 6.20 Å². The van der Waals surface area contributed by atoms with Crippen LogP contribution in [-0.4, -0.2) is 30.0 Å². The third kappa shape index (κ3) is 2.21. The summed E-state index contributed by atoms with van der Waals surface area (Å²) >= 11 is 0. The van der Waals surface area contributed by atoms with Gasteiger partial charge in [-0.25, -0.2) is 0 Å². The van der Waals surface area contributed by atoms with Gasteiger partial charge in [0, 0.05) is 6.20 Å². The van der Waals surface area contributed by atoms with E-state index < -0.39 is 0 Å². The molecular formula is C11H17N3O. The molecule has 4 nitrogen and oxygen atoms in total. The van der Waals surface area contributed by atoms with Crippen molar-refractivity contribution in [1.82, 2.24) is 9.88 Å². The molecule has 0 bridgehead atoms. The first-order valence-electron chi connectivity index (χ1n) is 5.33. The molecule has 1 aliphatic heterocycles. The number of likely N-dealkylation sites (tertiary alicyclic amines) is 1. The molecule has 1 aromatic heterocycles. The zero-order chi connectivity index (χ0) is 10.8. The summed E-state index contributed by atoms with van der Waals surface area (Å²) in [5.41, 5.74) is 6.90. The number of hydrogen-bond acceptors (Lipinski definition) is 3. The van der Waals surface area contributed by atoms with Crippen molar-refractivity contribution in [1.29, 1.82) is 0 Å². The Balaban J connectivity index is 2.16. The van der Waals surface area contributed by atoms with Crippen LogP contribution in [0.2, 0.25) is 0 Å². The third-order valence-electron chi connectivity index (χ3n) is 3.14. The first-order chi connectivity index (χ1) is 7.16. The van der Waals surface area contributed by atoms with Gasteiger partial charge in [-0.2, -0.15) is 0 Å². The minimum atomic E-state index is -0.188. The van der Waals surface area contributed by atoms with Gasteiger partial charge in [-0.3, -0.25) is 4.79 Å². The van der Waals surface area contributed by atoms with E-state index in [1.165, 1.54) is 5.56 Å². The van der Waals surface area contributed by atoms with E-state index >= 15 is 0 Å². The maximum absolute atomic E-state index is 11.1. The van der Waals surface area contributed by atoms with Crippen LogP contribution in [0, 0.1) is 0 Å². The molecule has 1 aromatic rings. The molecule has 82 valence electrons. The molecule has 0 aromatic carbocycles. The zero-order valence-electron chi connectivity index (χ0n) is 8.99. The van der Waals surface area contributed by atoms with Gasteiger partial charge in [0.25, 0.3) is 5.56 Å². The molecule has 0 spiro atoms. The molecule has 0 radical (unpaired) electrons. The summed E-state index contributed by atoms with van der Waals surface area (Å²) in [5, 5.41) is 0. The molecular weight excluding hydrogens is 190 g/mol. The van der Waals surface area contributed by atoms with Crippen LogP contribution in [0.4, 0.5) is 5.69 Å². The van der Waals surface area contributed by atoms with Crippen LogP contribution in [0.25, 0.3) is 0 Å². The number of nitrogens with one attached hydrogen (secondary N) is 1. The molecule has 0 unspecified atom stereocenters. The lowest BCUT2D eigenvalue weighted by molar-refractivity contribution is 0.255. The molecule has 15 heavy (non-hydrogen) atoms. The van der Waals surface area contributed by atoms with E-state index in [0.29, 0.717) is 11.6 Å². The molecule has 1 aliphatic rings. The highest BCUT2D eigenvalue weighted by atomic mass is 16.1. The van der Waals surface area contributed by atoms with E-state index in [4.69, 9.17) is 5.73 Å². The van der Waals surface area contributed by atoms with Gasteiger partial charge in [-0.05, 0) is 50.5 Å². The highest BCUT2D eigenvalue weighted by Gasteiger charge is 2.18. The quantitative estimate of drug-likeness (QED) is 0.715. The monoisotopic (exact) mass is 207 g/mol. The van der Waals surface area contributed by atoms with Crippen LogP contribution in [0.5, 0.6) is 0 Å². The Labute approximate surface area is 89.1 Å². The normalized spacial score (nSPS) is 19.3. The second-order valence-electron chi connectivity index (χ2n) is 4.30. The molecule has 0 saturated carbocycles. The molecule has 1 fully saturated rings. The highest BCUT2D eigenvalue weighted by Crippen LogP contribution is 2.26. The third-order valence-corrected chi connectivity index (χ3v) is 3.14. The standard InChI is InChI=1S/C11H17N3O/c1-14-4-2-8(3-5-14)9-6-10(12)11(15)13-7-9/h6-8H,2-5,12H2,1H3,(H,13,15). The Morgan fingerprint density at radius 2 is 2.13 bits per heavy atom. The molecule has 2 rings (SSSR count). The predicted octanol–water partition coefficient (Wildman–Crippen LogP) is 0.766. The van der Waals surface area contributed by atoms with Crippen LogP contribution in [0.3, 0.4) is 0 Å². The molecule has 0 aliphatic carbocycles. The van der Waals surface area contributed by atoms with Crippen LogP contribution < -0.4 is 11.3 Å². The van der Waals surface area contributed by atoms with Crippen molar-refractivity contribution in [3.05, 3.63) is 28.2 Å². The number of hydrogen-bond donors (Lipinski definition) is 2. The second kappa shape index (κ2) is 4.06. The minimum absolute atomic E-state index is 0.188. The van der Waals surface area contributed by atoms with Crippen molar-refractivity contribution in [3.63, 3.8) is 0 Å². The SMILES string of the molecule is CN1CCC(c2c[nH]c(=O)c(N)c2)CC1. The van der Waals surface area contributed by atoms with Gasteiger partial charge in [0.1, 0.15) is 0 Å². The van der Waals surface area contributed by atoms with E-state index in [9.17, 15) is 4.79 Å². The van der Waals surface area contributed by atoms with Gasteiger partial charge >= 0.3 is 0 Å². The molecule has 0 atom stereocenters. The number of rotatable bonds is 1. The van der Waals surface area contributed by atoms with Crippen LogP contribution in [-0.2, 0) is 0 Å². The van der Waals surface area contributed by atoms with Gasteiger partial charge in [0.05, 0.1) is 5.69 Å². The van der Waals surface area contributed by atoms with E-state index in [2.05, 4.69) is 16.9 Å². The molecule has 1 saturated heterocycles. The lowest BCUT2D eigenvalue weighted by Crippen LogP contribution is -2.29. The zero-order valence-corrected chi connectivity index (χ0v) is 8.99. The first-order valence-corrected chi connectivity index (χ1v) is 5.33. The average molecular weight is 207 g/mol. The Morgan fingerprint density at radius 3 is 2.73 bits per heavy atom. The Morgan fingerprint density at radius 1 is 1.47 bits per heavy atom. The van der Waals surface area contributed by atoms with Gasteiger partial charge < -0.3 is 15.6 Å². The van der Waals surface area contributed by atoms with Crippen molar-refractivity contribution in [2.45, 2.75) is 18.8 Å². The number of anilines is 1. The second-order valence-corrected chi connectivity index (χ2v) is 4.30. The molecule has 0 amide bonds. The Kier molecular flexibility index (Phi) is 2.77. The fraction of sp³-hybridized carbons (Fsp3) is 0.545. The maximum Gasteiger partial charge on any atom is 0.271 e. The maximum atomic E-state index is 11.1. The Bertz CT molecular complexity index is 391. The summed E-state index contributed by atoms with van der Waals surface area (Å²) in [5.74, 6) is 0.542. The van der Waals surface area contributed by atoms with E-state index in [-0.39, 0.29) is 5.56 Å². The molecule has 2 heterocycles. The van der Waals surface area contributed by atoms with Crippen molar-refractivity contribution in [3.8, 4) is 0 Å². The van der Waals surface area contributed by atoms with Crippen LogP contribution >= 0.6 is 0 Å². The van der Waals surface area contributed by atoms with Crippen molar-refractivity contribution in [2.24, 2.45) is 0 Å². The largest absolute Gasteiger partial charge is 0.394 e. The number of nitrogens with zero attached hydrogens (tertiary/aromatic N) is 1. The number of pyridine rings is 1. The number of aromatic amines is 1. The van der Waals surface area contributed by atoms with E-state index in [1.807, 2.05) is 6.07 Å². The van der Waals surface area contributed by atoms with Crippen molar-refractivity contribution < 1.29 is 0 Å². The van der Waals surface area contributed by atoms with E-state index in [0.717, 1.165) is 25.9 Å². The summed E-state index contributed by atoms with van der Waals surface area (Å²) in [6.45, 7) is 2.23. The number of aromatic nitrogens is 1. The van der Waals surface area contributed by atoms with Crippen molar-refractivity contribution >= 4 is 5.69 Å². The molecule has 4 heteroatoms. The summed E-state index contributed by atoms with van der Waals surface area (Å²) in [6.07, 6.45) is 4.08. The van der Waals surface area contributed by atoms with Gasteiger partial charge in [-0.1, -0.05) is 0 Å². The smallest absolute Gasteiger partial charge is 0.271 e. The number of piperidine rings is 1. The minimum Gasteiger partial charge on any atom is -0.394 e. The summed E-state index contributed by atoms with van der Waals surface area (Å²) in [4.78, 5) is 16.1. The lowest BCUT2D eigenvalue weighted by atomic mass is 9.90. The van der Waals surface area contributed by atoms with Gasteiger partial charge in [-0.15, -0.1) is 0 Å². The van der Waals surface area contributed by atoms with Gasteiger partial charge in [0.2, 0.25) is 0 Å². The van der Waals surface area contributed by atoms with Crippen LogP contribution in [0.1, 0.15) is 24.3 Å². The Hall–Kier alpha value is -1.29. The average Bonchev–Trinajstić information content (AvgIpc) is 2.23. The number of nitrogens with two attached hydrogens (primary N) is 1. The summed E-state index contributed by atoms with van der Waals surface area (Å²) in [6, 6.07) is 1.81. The molecule has 3 N–H and O–H groups in total. The van der Waals surface area contributed by atoms with Crippen molar-refractivity contribution in [2.75, 3.05) is 25.9 Å². The number of nitrogen functional groups attached to an aromatic ring is 1. The lowest BCUT2D eigenvalue weighted by Gasteiger charge is -2.29. The van der Waals surface area contributed by atoms with Gasteiger partial charge in [0.15, 0.2) is 0 Å². The topological polar surface area (TPSA) is 62.1 Å². The summed E-state index contributed by atoms with van der Waals surface area (Å²) in [7, 11) is 2.14. The number of H-pyrrole nitrogens is 1. The summed E-state index contributed by atoms with van der Waals surface area (Å²) < 4.78 is 0. The predicted molar refractivity (Wildman–Crippen MR) is 60.9 cm³/mol.